The molecule has 11 nitrogen and oxygen atoms in total. The Labute approximate surface area is 205 Å². The van der Waals surface area contributed by atoms with Crippen LogP contribution in [0.3, 0.4) is 0 Å². The van der Waals surface area contributed by atoms with Gasteiger partial charge in [0.25, 0.3) is 0 Å². The fourth-order valence-corrected chi connectivity index (χ4v) is 3.01. The molecule has 0 spiro atoms. The Kier molecular flexibility index (Phi) is 10.9. The highest BCUT2D eigenvalue weighted by atomic mass is 16.6. The standard InChI is InChI=1S/C24H37NO10/c1-14(26)31-13-20-19(32-15(2)27)10-9-17(33-20)11-16(28)12-18(21(29)34-23(3,4)5)25-22(30)35-24(6,7)8/h9-10,17-20H,11-13H2,1-8H3,(H,25,30)/t17-,18-,19-,20+/m0/s1. The van der Waals surface area contributed by atoms with E-state index in [9.17, 15) is 24.0 Å². The van der Waals surface area contributed by atoms with Gasteiger partial charge in [0.15, 0.2) is 0 Å². The number of Topliss-reactive ketones (excluding diaryl/α,β-unsaturated/α-hetero) is 1. The normalized spacial score (nSPS) is 20.9. The van der Waals surface area contributed by atoms with E-state index in [1.807, 2.05) is 0 Å². The van der Waals surface area contributed by atoms with E-state index in [-0.39, 0.29) is 19.4 Å². The Hall–Kier alpha value is -2.95. The van der Waals surface area contributed by atoms with E-state index in [4.69, 9.17) is 23.7 Å². The number of carbonyl (C=O) groups excluding carboxylic acids is 5. The maximum absolute atomic E-state index is 12.8. The van der Waals surface area contributed by atoms with Gasteiger partial charge in [-0.2, -0.15) is 0 Å². The van der Waals surface area contributed by atoms with Crippen molar-refractivity contribution in [2.24, 2.45) is 0 Å². The first-order valence-electron chi connectivity index (χ1n) is 11.3. The highest BCUT2D eigenvalue weighted by molar-refractivity contribution is 5.89. The van der Waals surface area contributed by atoms with Crippen LogP contribution in [0.15, 0.2) is 12.2 Å². The summed E-state index contributed by atoms with van der Waals surface area (Å²) >= 11 is 0. The van der Waals surface area contributed by atoms with Crippen LogP contribution in [0.25, 0.3) is 0 Å². The van der Waals surface area contributed by atoms with E-state index in [0.717, 1.165) is 0 Å². The smallest absolute Gasteiger partial charge is 0.408 e. The van der Waals surface area contributed by atoms with Crippen LogP contribution >= 0.6 is 0 Å². The Morgan fingerprint density at radius 3 is 2.03 bits per heavy atom. The molecule has 0 saturated heterocycles. The summed E-state index contributed by atoms with van der Waals surface area (Å²) in [6, 6.07) is -1.27. The van der Waals surface area contributed by atoms with E-state index < -0.39 is 65.3 Å². The van der Waals surface area contributed by atoms with E-state index in [2.05, 4.69) is 5.32 Å². The molecule has 0 fully saturated rings. The van der Waals surface area contributed by atoms with Crippen molar-refractivity contribution in [3.8, 4) is 0 Å². The molecule has 0 radical (unpaired) electrons. The number of hydrogen-bond donors (Lipinski definition) is 1. The number of ether oxygens (including phenoxy) is 5. The average molecular weight is 500 g/mol. The summed E-state index contributed by atoms with van der Waals surface area (Å²) in [6.45, 7) is 12.3. The molecule has 35 heavy (non-hydrogen) atoms. The summed E-state index contributed by atoms with van der Waals surface area (Å²) in [5, 5.41) is 2.40. The summed E-state index contributed by atoms with van der Waals surface area (Å²) in [7, 11) is 0. The Bertz CT molecular complexity index is 821. The molecule has 0 aromatic rings. The van der Waals surface area contributed by atoms with Crippen molar-refractivity contribution in [1.82, 2.24) is 5.32 Å². The predicted octanol–water partition coefficient (Wildman–Crippen LogP) is 2.39. The predicted molar refractivity (Wildman–Crippen MR) is 123 cm³/mol. The molecule has 0 bridgehead atoms. The van der Waals surface area contributed by atoms with Crippen molar-refractivity contribution < 1.29 is 47.7 Å². The number of nitrogens with one attached hydrogen (secondary N) is 1. The van der Waals surface area contributed by atoms with Gasteiger partial charge in [0, 0.05) is 26.7 Å². The Morgan fingerprint density at radius 2 is 1.51 bits per heavy atom. The van der Waals surface area contributed by atoms with Crippen molar-refractivity contribution in [2.75, 3.05) is 6.61 Å². The number of esters is 3. The molecule has 0 aromatic carbocycles. The number of alkyl carbamates (subject to hydrolysis) is 1. The van der Waals surface area contributed by atoms with Gasteiger partial charge in [0.1, 0.15) is 41.8 Å². The first-order chi connectivity index (χ1) is 15.9. The van der Waals surface area contributed by atoms with E-state index >= 15 is 0 Å². The summed E-state index contributed by atoms with van der Waals surface area (Å²) in [6.07, 6.45) is -0.579. The Balaban J connectivity index is 2.90. The second-order valence-corrected chi connectivity index (χ2v) is 10.2. The van der Waals surface area contributed by atoms with Gasteiger partial charge in [-0.1, -0.05) is 6.08 Å². The number of carbonyl (C=O) groups is 5. The molecule has 1 N–H and O–H groups in total. The topological polar surface area (TPSA) is 144 Å². The number of rotatable bonds is 9. The molecule has 198 valence electrons. The van der Waals surface area contributed by atoms with Crippen LogP contribution in [-0.4, -0.2) is 71.9 Å². The van der Waals surface area contributed by atoms with Crippen molar-refractivity contribution in [2.45, 2.75) is 104 Å². The summed E-state index contributed by atoms with van der Waals surface area (Å²) in [5.74, 6) is -2.26. The van der Waals surface area contributed by atoms with Gasteiger partial charge in [-0.3, -0.25) is 14.4 Å². The van der Waals surface area contributed by atoms with Gasteiger partial charge in [-0.25, -0.2) is 9.59 Å². The first-order valence-corrected chi connectivity index (χ1v) is 11.3. The van der Waals surface area contributed by atoms with E-state index in [0.29, 0.717) is 0 Å². The Morgan fingerprint density at radius 1 is 0.914 bits per heavy atom. The second-order valence-electron chi connectivity index (χ2n) is 10.2. The highest BCUT2D eigenvalue weighted by Crippen LogP contribution is 2.20. The average Bonchev–Trinajstić information content (AvgIpc) is 2.64. The molecule has 0 saturated carbocycles. The lowest BCUT2D eigenvalue weighted by Gasteiger charge is -2.31. The molecule has 1 rings (SSSR count). The van der Waals surface area contributed by atoms with Crippen LogP contribution < -0.4 is 5.32 Å². The summed E-state index contributed by atoms with van der Waals surface area (Å²) in [5.41, 5.74) is -1.64. The second kappa shape index (κ2) is 12.7. The zero-order chi connectivity index (χ0) is 27.0. The van der Waals surface area contributed by atoms with Gasteiger partial charge in [-0.15, -0.1) is 0 Å². The van der Waals surface area contributed by atoms with Crippen LogP contribution in [0, 0.1) is 0 Å². The van der Waals surface area contributed by atoms with E-state index in [1.165, 1.54) is 13.8 Å². The monoisotopic (exact) mass is 499 g/mol. The first kappa shape index (κ1) is 30.1. The minimum Gasteiger partial charge on any atom is -0.463 e. The molecule has 0 unspecified atom stereocenters. The molecule has 4 atom stereocenters. The van der Waals surface area contributed by atoms with Crippen molar-refractivity contribution in [1.29, 1.82) is 0 Å². The highest BCUT2D eigenvalue weighted by Gasteiger charge is 2.34. The third-order valence-corrected chi connectivity index (χ3v) is 4.23. The molecule has 11 heteroatoms. The molecule has 1 heterocycles. The largest absolute Gasteiger partial charge is 0.463 e. The number of amides is 1. The molecular formula is C24H37NO10. The maximum Gasteiger partial charge on any atom is 0.408 e. The summed E-state index contributed by atoms with van der Waals surface area (Å²) in [4.78, 5) is 60.2. The van der Waals surface area contributed by atoms with Gasteiger partial charge in [-0.05, 0) is 47.6 Å². The minimum absolute atomic E-state index is 0.144. The van der Waals surface area contributed by atoms with Crippen LogP contribution in [0.4, 0.5) is 4.79 Å². The minimum atomic E-state index is -1.27. The quantitative estimate of drug-likeness (QED) is 0.285. The summed E-state index contributed by atoms with van der Waals surface area (Å²) < 4.78 is 26.5. The van der Waals surface area contributed by atoms with Gasteiger partial charge >= 0.3 is 24.0 Å². The van der Waals surface area contributed by atoms with Crippen LogP contribution in [0.5, 0.6) is 0 Å². The van der Waals surface area contributed by atoms with E-state index in [1.54, 1.807) is 53.7 Å². The third-order valence-electron chi connectivity index (χ3n) is 4.23. The zero-order valence-corrected chi connectivity index (χ0v) is 21.7. The SMILES string of the molecule is CC(=O)OC[C@H]1O[C@H](CC(=O)C[C@H](NC(=O)OC(C)(C)C)C(=O)OC(C)(C)C)C=C[C@@H]1OC(C)=O. The van der Waals surface area contributed by atoms with Gasteiger partial charge in [0.05, 0.1) is 6.10 Å². The third kappa shape index (κ3) is 12.9. The fourth-order valence-electron chi connectivity index (χ4n) is 3.01. The van der Waals surface area contributed by atoms with Crippen molar-refractivity contribution in [3.63, 3.8) is 0 Å². The van der Waals surface area contributed by atoms with Crippen LogP contribution in [0.2, 0.25) is 0 Å². The lowest BCUT2D eigenvalue weighted by molar-refractivity contribution is -0.164. The molecule has 0 aromatic heterocycles. The van der Waals surface area contributed by atoms with Gasteiger partial charge < -0.3 is 29.0 Å². The maximum atomic E-state index is 12.8. The molecule has 0 aliphatic carbocycles. The molecule has 1 aliphatic heterocycles. The zero-order valence-electron chi connectivity index (χ0n) is 21.7. The van der Waals surface area contributed by atoms with Gasteiger partial charge in [0.2, 0.25) is 0 Å². The number of ketones is 1. The number of hydrogen-bond acceptors (Lipinski definition) is 10. The lowest BCUT2D eigenvalue weighted by Crippen LogP contribution is -2.47. The molecule has 1 amide bonds. The molecule has 1 aliphatic rings. The van der Waals surface area contributed by atoms with Crippen molar-refractivity contribution in [3.05, 3.63) is 12.2 Å². The van der Waals surface area contributed by atoms with Crippen LogP contribution in [-0.2, 0) is 42.9 Å². The molecular weight excluding hydrogens is 462 g/mol. The fraction of sp³-hybridized carbons (Fsp3) is 0.708. The van der Waals surface area contributed by atoms with Crippen molar-refractivity contribution >= 4 is 29.8 Å². The van der Waals surface area contributed by atoms with Crippen LogP contribution in [0.1, 0.15) is 68.2 Å². The lowest BCUT2D eigenvalue weighted by atomic mass is 10.0.